The zero-order chi connectivity index (χ0) is 21.3. The molecule has 2 aromatic rings. The molecule has 0 aromatic heterocycles. The van der Waals surface area contributed by atoms with Crippen molar-refractivity contribution in [1.29, 1.82) is 0 Å². The molecular formula is C26H30F4. The minimum Gasteiger partial charge on any atom is -0.206 e. The molecule has 0 saturated heterocycles. The summed E-state index contributed by atoms with van der Waals surface area (Å²) >= 11 is 0. The lowest BCUT2D eigenvalue weighted by atomic mass is 9.69. The van der Waals surface area contributed by atoms with Crippen molar-refractivity contribution in [2.24, 2.45) is 17.8 Å². The zero-order valence-corrected chi connectivity index (χ0v) is 17.6. The first-order valence-corrected chi connectivity index (χ1v) is 11.3. The van der Waals surface area contributed by atoms with Crippen molar-refractivity contribution in [1.82, 2.24) is 0 Å². The molecular weight excluding hydrogens is 388 g/mol. The van der Waals surface area contributed by atoms with Crippen LogP contribution < -0.4 is 0 Å². The average Bonchev–Trinajstić information content (AvgIpc) is 2.74. The summed E-state index contributed by atoms with van der Waals surface area (Å²) in [6.45, 7) is 2.26. The van der Waals surface area contributed by atoms with Crippen LogP contribution in [0.2, 0.25) is 0 Å². The molecule has 0 nitrogen and oxygen atoms in total. The van der Waals surface area contributed by atoms with E-state index in [0.29, 0.717) is 17.0 Å². The molecule has 1 unspecified atom stereocenters. The molecule has 0 spiro atoms. The Bertz CT molecular complexity index is 858. The van der Waals surface area contributed by atoms with Gasteiger partial charge in [0.2, 0.25) is 0 Å². The van der Waals surface area contributed by atoms with Gasteiger partial charge in [-0.15, -0.1) is 0 Å². The lowest BCUT2D eigenvalue weighted by molar-refractivity contribution is -0.137. The predicted octanol–water partition coefficient (Wildman–Crippen LogP) is 8.22. The smallest absolute Gasteiger partial charge is 0.206 e. The van der Waals surface area contributed by atoms with Gasteiger partial charge >= 0.3 is 6.18 Å². The number of benzene rings is 2. The summed E-state index contributed by atoms with van der Waals surface area (Å²) in [5.74, 6) is 2.03. The van der Waals surface area contributed by atoms with Crippen LogP contribution in [0.5, 0.6) is 0 Å². The number of halogens is 4. The second kappa shape index (κ2) is 8.72. The minimum absolute atomic E-state index is 0.252. The third-order valence-corrected chi connectivity index (χ3v) is 7.37. The summed E-state index contributed by atoms with van der Waals surface area (Å²) in [7, 11) is 0. The Balaban J connectivity index is 1.48. The van der Waals surface area contributed by atoms with E-state index in [9.17, 15) is 13.2 Å². The molecule has 0 N–H and O–H groups in total. The third kappa shape index (κ3) is 4.43. The Morgan fingerprint density at radius 2 is 1.57 bits per heavy atom. The summed E-state index contributed by atoms with van der Waals surface area (Å²) in [4.78, 5) is 0. The molecule has 30 heavy (non-hydrogen) atoms. The highest BCUT2D eigenvalue weighted by atomic mass is 19.4. The first-order valence-electron chi connectivity index (χ1n) is 11.3. The van der Waals surface area contributed by atoms with Crippen molar-refractivity contribution in [3.8, 4) is 11.1 Å². The van der Waals surface area contributed by atoms with Crippen molar-refractivity contribution in [3.05, 3.63) is 58.9 Å². The summed E-state index contributed by atoms with van der Waals surface area (Å²) in [6.07, 6.45) is 6.20. The fourth-order valence-corrected chi connectivity index (χ4v) is 5.66. The van der Waals surface area contributed by atoms with Gasteiger partial charge in [0.25, 0.3) is 0 Å². The topological polar surface area (TPSA) is 0 Å². The van der Waals surface area contributed by atoms with Crippen molar-refractivity contribution >= 4 is 0 Å². The van der Waals surface area contributed by atoms with Gasteiger partial charge in [-0.3, -0.25) is 0 Å². The van der Waals surface area contributed by atoms with Crippen LogP contribution in [0.3, 0.4) is 0 Å². The zero-order valence-electron chi connectivity index (χ0n) is 17.6. The molecule has 0 amide bonds. The van der Waals surface area contributed by atoms with E-state index < -0.39 is 11.7 Å². The van der Waals surface area contributed by atoms with Crippen molar-refractivity contribution < 1.29 is 17.6 Å². The van der Waals surface area contributed by atoms with Gasteiger partial charge in [-0.2, -0.15) is 13.2 Å². The fraction of sp³-hybridized carbons (Fsp3) is 0.538. The molecule has 0 heterocycles. The molecule has 0 aliphatic heterocycles. The minimum atomic E-state index is -4.38. The van der Waals surface area contributed by atoms with Crippen LogP contribution in [0.4, 0.5) is 17.6 Å². The average molecular weight is 419 g/mol. The van der Waals surface area contributed by atoms with E-state index in [1.807, 2.05) is 6.07 Å². The Morgan fingerprint density at radius 1 is 0.867 bits per heavy atom. The van der Waals surface area contributed by atoms with E-state index in [2.05, 4.69) is 6.92 Å². The van der Waals surface area contributed by atoms with Gasteiger partial charge in [-0.05, 0) is 78.7 Å². The lowest BCUT2D eigenvalue weighted by Gasteiger charge is -2.36. The van der Waals surface area contributed by atoms with Gasteiger partial charge in [-0.1, -0.05) is 56.9 Å². The number of rotatable bonds is 4. The third-order valence-electron chi connectivity index (χ3n) is 7.37. The van der Waals surface area contributed by atoms with Crippen LogP contribution in [-0.4, -0.2) is 0 Å². The SMILES string of the molecule is CCCC1CCC(C2CCc3c(ccc(-c4ccc(C(F)(F)F)cc4)c3F)C2)CC1. The van der Waals surface area contributed by atoms with Crippen LogP contribution in [0.1, 0.15) is 68.6 Å². The molecule has 2 aromatic carbocycles. The maximum Gasteiger partial charge on any atom is 0.416 e. The summed E-state index contributed by atoms with van der Waals surface area (Å²) in [6, 6.07) is 8.54. The van der Waals surface area contributed by atoms with E-state index in [4.69, 9.17) is 0 Å². The van der Waals surface area contributed by atoms with Crippen LogP contribution in [0.25, 0.3) is 11.1 Å². The van der Waals surface area contributed by atoms with Crippen molar-refractivity contribution in [2.45, 2.75) is 70.9 Å². The second-order valence-corrected chi connectivity index (χ2v) is 9.21. The largest absolute Gasteiger partial charge is 0.416 e. The second-order valence-electron chi connectivity index (χ2n) is 9.21. The first kappa shape index (κ1) is 21.4. The fourth-order valence-electron chi connectivity index (χ4n) is 5.66. The molecule has 4 heteroatoms. The molecule has 1 atom stereocenters. The van der Waals surface area contributed by atoms with Gasteiger partial charge in [0.1, 0.15) is 5.82 Å². The highest BCUT2D eigenvalue weighted by Gasteiger charge is 2.32. The Morgan fingerprint density at radius 3 is 2.20 bits per heavy atom. The Labute approximate surface area is 176 Å². The van der Waals surface area contributed by atoms with Crippen molar-refractivity contribution in [3.63, 3.8) is 0 Å². The van der Waals surface area contributed by atoms with E-state index in [1.165, 1.54) is 50.7 Å². The van der Waals surface area contributed by atoms with E-state index >= 15 is 4.39 Å². The van der Waals surface area contributed by atoms with Crippen LogP contribution in [-0.2, 0) is 19.0 Å². The molecule has 1 saturated carbocycles. The summed E-state index contributed by atoms with van der Waals surface area (Å²) in [5, 5.41) is 0. The lowest BCUT2D eigenvalue weighted by Crippen LogP contribution is -2.27. The van der Waals surface area contributed by atoms with Gasteiger partial charge in [-0.25, -0.2) is 4.39 Å². The van der Waals surface area contributed by atoms with Crippen LogP contribution >= 0.6 is 0 Å². The van der Waals surface area contributed by atoms with Crippen LogP contribution in [0, 0.1) is 23.6 Å². The van der Waals surface area contributed by atoms with Gasteiger partial charge in [0.05, 0.1) is 5.56 Å². The Hall–Kier alpha value is -1.84. The summed E-state index contributed by atoms with van der Waals surface area (Å²) < 4.78 is 53.7. The number of fused-ring (bicyclic) bond motifs is 1. The number of hydrogen-bond acceptors (Lipinski definition) is 0. The first-order chi connectivity index (χ1) is 14.4. The van der Waals surface area contributed by atoms with Gasteiger partial charge in [0.15, 0.2) is 0 Å². The van der Waals surface area contributed by atoms with Crippen molar-refractivity contribution in [2.75, 3.05) is 0 Å². The molecule has 1 fully saturated rings. The number of hydrogen-bond donors (Lipinski definition) is 0. The molecule has 0 bridgehead atoms. The molecule has 2 aliphatic rings. The normalized spacial score (nSPS) is 24.5. The monoisotopic (exact) mass is 418 g/mol. The standard InChI is InChI=1S/C26H30F4/c1-2-3-17-4-6-18(7-5-17)20-10-14-24-21(16-20)11-15-23(25(24)27)19-8-12-22(13-9-19)26(28,29)30/h8-9,11-13,15,17-18,20H,2-7,10,14,16H2,1H3. The maximum absolute atomic E-state index is 15.3. The maximum atomic E-state index is 15.3. The van der Waals surface area contributed by atoms with E-state index in [1.54, 1.807) is 6.07 Å². The van der Waals surface area contributed by atoms with Crippen LogP contribution in [0.15, 0.2) is 36.4 Å². The summed E-state index contributed by atoms with van der Waals surface area (Å²) in [5.41, 5.74) is 2.06. The molecule has 162 valence electrons. The highest BCUT2D eigenvalue weighted by molar-refractivity contribution is 5.66. The predicted molar refractivity (Wildman–Crippen MR) is 113 cm³/mol. The molecule has 4 rings (SSSR count). The molecule has 2 aliphatic carbocycles. The highest BCUT2D eigenvalue weighted by Crippen LogP contribution is 2.42. The van der Waals surface area contributed by atoms with Gasteiger partial charge in [0, 0.05) is 5.56 Å². The van der Waals surface area contributed by atoms with E-state index in [-0.39, 0.29) is 5.82 Å². The number of alkyl halides is 3. The Kier molecular flexibility index (Phi) is 6.22. The quantitative estimate of drug-likeness (QED) is 0.439. The van der Waals surface area contributed by atoms with Gasteiger partial charge < -0.3 is 0 Å². The molecule has 0 radical (unpaired) electrons. The van der Waals surface area contributed by atoms with E-state index in [0.717, 1.165) is 54.4 Å².